The molecule has 1 saturated carbocycles. The number of hydrogen-bond acceptors (Lipinski definition) is 4. The highest BCUT2D eigenvalue weighted by atomic mass is 35.5. The lowest BCUT2D eigenvalue weighted by molar-refractivity contribution is 0.0684. The second-order valence-corrected chi connectivity index (χ2v) is 8.07. The van der Waals surface area contributed by atoms with Crippen molar-refractivity contribution < 1.29 is 4.79 Å². The predicted molar refractivity (Wildman–Crippen MR) is 103 cm³/mol. The minimum absolute atomic E-state index is 0. The standard InChI is InChI=1S/C17H25N3OS.2ClH/c1-11-15(22-16(19-11)12-4-2-3-5-12)17(21)20-13-6-7-14(20)10-18-9-8-13;;/h12-14,18H,2-10H2,1H3;2*1H. The summed E-state index contributed by atoms with van der Waals surface area (Å²) in [4.78, 5) is 21.0. The smallest absolute Gasteiger partial charge is 0.266 e. The van der Waals surface area contributed by atoms with Gasteiger partial charge in [0.15, 0.2) is 0 Å². The summed E-state index contributed by atoms with van der Waals surface area (Å²) in [5.74, 6) is 0.850. The monoisotopic (exact) mass is 391 g/mol. The quantitative estimate of drug-likeness (QED) is 0.830. The summed E-state index contributed by atoms with van der Waals surface area (Å²) >= 11 is 1.67. The van der Waals surface area contributed by atoms with Crippen LogP contribution in [0.4, 0.5) is 0 Å². The summed E-state index contributed by atoms with van der Waals surface area (Å²) in [7, 11) is 0. The van der Waals surface area contributed by atoms with Crippen LogP contribution in [0, 0.1) is 6.92 Å². The Bertz CT molecular complexity index is 560. The average Bonchev–Trinajstić information content (AvgIpc) is 3.16. The first-order valence-corrected chi connectivity index (χ1v) is 9.56. The Morgan fingerprint density at radius 3 is 2.58 bits per heavy atom. The summed E-state index contributed by atoms with van der Waals surface area (Å²) < 4.78 is 0. The van der Waals surface area contributed by atoms with Crippen LogP contribution in [0.2, 0.25) is 0 Å². The summed E-state index contributed by atoms with van der Waals surface area (Å²) in [5.41, 5.74) is 0.952. The van der Waals surface area contributed by atoms with Gasteiger partial charge in [0.2, 0.25) is 0 Å². The van der Waals surface area contributed by atoms with Crippen molar-refractivity contribution >= 4 is 42.1 Å². The lowest BCUT2D eigenvalue weighted by Crippen LogP contribution is -2.42. The normalized spacial score (nSPS) is 26.6. The molecule has 136 valence electrons. The van der Waals surface area contributed by atoms with Crippen LogP contribution in [-0.2, 0) is 0 Å². The number of carbonyl (C=O) groups excluding carboxylic acids is 1. The number of carbonyl (C=O) groups is 1. The van der Waals surface area contributed by atoms with Crippen LogP contribution in [0.5, 0.6) is 0 Å². The van der Waals surface area contributed by atoms with Gasteiger partial charge < -0.3 is 10.2 Å². The molecule has 2 saturated heterocycles. The van der Waals surface area contributed by atoms with Gasteiger partial charge in [-0.25, -0.2) is 4.98 Å². The van der Waals surface area contributed by atoms with Crippen LogP contribution >= 0.6 is 36.2 Å². The van der Waals surface area contributed by atoms with Gasteiger partial charge in [0.25, 0.3) is 5.91 Å². The molecule has 0 aromatic carbocycles. The van der Waals surface area contributed by atoms with Crippen molar-refractivity contribution in [2.24, 2.45) is 0 Å². The Kier molecular flexibility index (Phi) is 6.94. The number of nitrogens with one attached hydrogen (secondary N) is 1. The molecule has 3 aliphatic rings. The highest BCUT2D eigenvalue weighted by Crippen LogP contribution is 2.38. The average molecular weight is 392 g/mol. The van der Waals surface area contributed by atoms with Crippen molar-refractivity contribution in [3.63, 3.8) is 0 Å². The van der Waals surface area contributed by atoms with Crippen LogP contribution in [0.1, 0.15) is 71.2 Å². The number of nitrogens with zero attached hydrogens (tertiary/aromatic N) is 2. The molecule has 1 aromatic rings. The number of hydrogen-bond donors (Lipinski definition) is 1. The fraction of sp³-hybridized carbons (Fsp3) is 0.765. The molecule has 2 unspecified atom stereocenters. The van der Waals surface area contributed by atoms with E-state index in [1.165, 1.54) is 37.1 Å². The molecule has 1 aliphatic carbocycles. The Labute approximate surface area is 160 Å². The third-order valence-corrected chi connectivity index (χ3v) is 6.91. The van der Waals surface area contributed by atoms with Crippen LogP contribution in [0.15, 0.2) is 0 Å². The van der Waals surface area contributed by atoms with E-state index in [9.17, 15) is 4.79 Å². The van der Waals surface area contributed by atoms with Gasteiger partial charge in [0.05, 0.1) is 10.7 Å². The van der Waals surface area contributed by atoms with E-state index in [0.29, 0.717) is 18.0 Å². The van der Waals surface area contributed by atoms with E-state index in [1.54, 1.807) is 11.3 Å². The Morgan fingerprint density at radius 2 is 1.83 bits per heavy atom. The third-order valence-electron chi connectivity index (χ3n) is 5.60. The van der Waals surface area contributed by atoms with E-state index in [-0.39, 0.29) is 30.7 Å². The first-order valence-electron chi connectivity index (χ1n) is 8.74. The van der Waals surface area contributed by atoms with Gasteiger partial charge in [0.1, 0.15) is 4.88 Å². The molecule has 2 bridgehead atoms. The molecular formula is C17H27Cl2N3OS. The number of aryl methyl sites for hydroxylation is 1. The molecular weight excluding hydrogens is 365 g/mol. The second kappa shape index (κ2) is 8.35. The van der Waals surface area contributed by atoms with Crippen molar-refractivity contribution in [2.75, 3.05) is 13.1 Å². The maximum Gasteiger partial charge on any atom is 0.266 e. The Balaban J connectivity index is 0.00000104. The van der Waals surface area contributed by atoms with Crippen LogP contribution in [0.25, 0.3) is 0 Å². The fourth-order valence-corrected chi connectivity index (χ4v) is 5.57. The van der Waals surface area contributed by atoms with Crippen LogP contribution in [-0.4, -0.2) is 41.0 Å². The van der Waals surface area contributed by atoms with Gasteiger partial charge >= 0.3 is 0 Å². The number of halogens is 2. The Morgan fingerprint density at radius 1 is 1.12 bits per heavy atom. The maximum absolute atomic E-state index is 13.1. The minimum Gasteiger partial charge on any atom is -0.331 e. The number of thiazole rings is 1. The van der Waals surface area contributed by atoms with Crippen LogP contribution < -0.4 is 5.32 Å². The zero-order valence-electron chi connectivity index (χ0n) is 14.1. The molecule has 1 amide bonds. The van der Waals surface area contributed by atoms with Gasteiger partial charge in [-0.15, -0.1) is 36.2 Å². The SMILES string of the molecule is Cc1nc(C2CCCC2)sc1C(=O)N1C2CCNCC1CC2.Cl.Cl. The van der Waals surface area contributed by atoms with Crippen LogP contribution in [0.3, 0.4) is 0 Å². The van der Waals surface area contributed by atoms with Crippen molar-refractivity contribution in [1.82, 2.24) is 15.2 Å². The maximum atomic E-state index is 13.1. The molecule has 4 rings (SSSR count). The van der Waals surface area contributed by atoms with Gasteiger partial charge in [0, 0.05) is 24.5 Å². The van der Waals surface area contributed by atoms with Crippen molar-refractivity contribution in [2.45, 2.75) is 69.9 Å². The van der Waals surface area contributed by atoms with E-state index in [0.717, 1.165) is 36.5 Å². The van der Waals surface area contributed by atoms with Crippen molar-refractivity contribution in [3.8, 4) is 0 Å². The minimum atomic E-state index is 0. The largest absolute Gasteiger partial charge is 0.331 e. The zero-order chi connectivity index (χ0) is 15.1. The lowest BCUT2D eigenvalue weighted by Gasteiger charge is -2.27. The molecule has 0 spiro atoms. The highest BCUT2D eigenvalue weighted by molar-refractivity contribution is 7.13. The van der Waals surface area contributed by atoms with Gasteiger partial charge in [-0.2, -0.15) is 0 Å². The molecule has 7 heteroatoms. The van der Waals surface area contributed by atoms with E-state index in [4.69, 9.17) is 4.98 Å². The van der Waals surface area contributed by atoms with Gasteiger partial charge in [-0.1, -0.05) is 12.8 Å². The topological polar surface area (TPSA) is 45.2 Å². The van der Waals surface area contributed by atoms with E-state index >= 15 is 0 Å². The van der Waals surface area contributed by atoms with Crippen molar-refractivity contribution in [1.29, 1.82) is 0 Å². The number of fused-ring (bicyclic) bond motifs is 2. The first kappa shape index (κ1) is 20.0. The summed E-state index contributed by atoms with van der Waals surface area (Å²) in [6.45, 7) is 4.01. The number of rotatable bonds is 2. The summed E-state index contributed by atoms with van der Waals surface area (Å²) in [5, 5.41) is 4.68. The highest BCUT2D eigenvalue weighted by Gasteiger charge is 2.39. The van der Waals surface area contributed by atoms with Gasteiger partial charge in [-0.3, -0.25) is 4.79 Å². The molecule has 24 heavy (non-hydrogen) atoms. The molecule has 3 fully saturated rings. The van der Waals surface area contributed by atoms with E-state index in [2.05, 4.69) is 10.2 Å². The van der Waals surface area contributed by atoms with Crippen molar-refractivity contribution in [3.05, 3.63) is 15.6 Å². The van der Waals surface area contributed by atoms with Gasteiger partial charge in [-0.05, 0) is 45.6 Å². The van der Waals surface area contributed by atoms with E-state index < -0.39 is 0 Å². The third kappa shape index (κ3) is 3.59. The lowest BCUT2D eigenvalue weighted by atomic mass is 10.1. The fourth-order valence-electron chi connectivity index (χ4n) is 4.39. The predicted octanol–water partition coefficient (Wildman–Crippen LogP) is 3.92. The molecule has 2 atom stereocenters. The number of aromatic nitrogens is 1. The number of amides is 1. The zero-order valence-corrected chi connectivity index (χ0v) is 16.6. The molecule has 0 radical (unpaired) electrons. The molecule has 4 nitrogen and oxygen atoms in total. The molecule has 1 aromatic heterocycles. The second-order valence-electron chi connectivity index (χ2n) is 7.04. The Hall–Kier alpha value is -0.360. The molecule has 1 N–H and O–H groups in total. The molecule has 2 aliphatic heterocycles. The summed E-state index contributed by atoms with van der Waals surface area (Å²) in [6.07, 6.45) is 8.54. The molecule has 3 heterocycles. The van der Waals surface area contributed by atoms with E-state index in [1.807, 2.05) is 6.92 Å². The first-order chi connectivity index (χ1) is 10.7. The summed E-state index contributed by atoms with van der Waals surface area (Å²) in [6, 6.07) is 0.820.